The van der Waals surface area contributed by atoms with Gasteiger partial charge < -0.3 is 11.1 Å². The number of nitrogens with one attached hydrogen (secondary N) is 1. The summed E-state index contributed by atoms with van der Waals surface area (Å²) in [4.78, 5) is 12.3. The molecule has 0 spiro atoms. The van der Waals surface area contributed by atoms with E-state index in [9.17, 15) is 4.79 Å². The summed E-state index contributed by atoms with van der Waals surface area (Å²) in [6.07, 6.45) is 8.51. The largest absolute Gasteiger partial charge is 0.354 e. The zero-order valence-electron chi connectivity index (χ0n) is 14.2. The number of aryl methyl sites for hydroxylation is 1. The van der Waals surface area contributed by atoms with Gasteiger partial charge in [-0.1, -0.05) is 49.6 Å². The van der Waals surface area contributed by atoms with Crippen LogP contribution in [0.1, 0.15) is 57.4 Å². The van der Waals surface area contributed by atoms with E-state index in [0.717, 1.165) is 25.7 Å². The fourth-order valence-electron chi connectivity index (χ4n) is 3.52. The molecule has 3 N–H and O–H groups in total. The molecule has 23 heavy (non-hydrogen) atoms. The van der Waals surface area contributed by atoms with Gasteiger partial charge in [-0.05, 0) is 50.1 Å². The van der Waals surface area contributed by atoms with E-state index in [4.69, 9.17) is 5.73 Å². The molecule has 0 bridgehead atoms. The maximum absolute atomic E-state index is 12.3. The average Bonchev–Trinajstić information content (AvgIpc) is 2.54. The summed E-state index contributed by atoms with van der Waals surface area (Å²) in [7, 11) is 0. The molecular formula is C19H31ClN2O. The number of hydrogen-bond acceptors (Lipinski definition) is 2. The number of carbonyl (C=O) groups is 1. The molecule has 130 valence electrons. The standard InChI is InChI=1S/C19H30N2O.ClH/c1-16(10-11-17-8-4-2-5-9-17)21-18(22)14-19(15-20)12-6-3-7-13-19;/h2,4-5,8-9,16H,3,6-7,10-15,20H2,1H3,(H,21,22);1H. The number of hydrogen-bond donors (Lipinski definition) is 2. The second-order valence-corrected chi connectivity index (χ2v) is 6.93. The fraction of sp³-hybridized carbons (Fsp3) is 0.632. The van der Waals surface area contributed by atoms with E-state index in [-0.39, 0.29) is 29.8 Å². The van der Waals surface area contributed by atoms with E-state index in [1.54, 1.807) is 0 Å². The van der Waals surface area contributed by atoms with Crippen molar-refractivity contribution >= 4 is 18.3 Å². The Morgan fingerprint density at radius 1 is 1.22 bits per heavy atom. The summed E-state index contributed by atoms with van der Waals surface area (Å²) >= 11 is 0. The molecule has 1 saturated carbocycles. The molecule has 1 atom stereocenters. The summed E-state index contributed by atoms with van der Waals surface area (Å²) in [5.74, 6) is 0.174. The zero-order chi connectivity index (χ0) is 15.8. The van der Waals surface area contributed by atoms with E-state index in [0.29, 0.717) is 13.0 Å². The lowest BCUT2D eigenvalue weighted by Crippen LogP contribution is -2.41. The lowest BCUT2D eigenvalue weighted by Gasteiger charge is -2.36. The molecule has 1 amide bonds. The van der Waals surface area contributed by atoms with Crippen molar-refractivity contribution < 1.29 is 4.79 Å². The third kappa shape index (κ3) is 6.52. The van der Waals surface area contributed by atoms with E-state index in [2.05, 4.69) is 36.5 Å². The van der Waals surface area contributed by atoms with Gasteiger partial charge in [0.1, 0.15) is 0 Å². The van der Waals surface area contributed by atoms with E-state index >= 15 is 0 Å². The van der Waals surface area contributed by atoms with Gasteiger partial charge in [0.15, 0.2) is 0 Å². The Bertz CT molecular complexity index is 458. The summed E-state index contributed by atoms with van der Waals surface area (Å²) in [6, 6.07) is 10.6. The fourth-order valence-corrected chi connectivity index (χ4v) is 3.52. The molecule has 1 aliphatic carbocycles. The minimum Gasteiger partial charge on any atom is -0.354 e. The highest BCUT2D eigenvalue weighted by Gasteiger charge is 2.33. The van der Waals surface area contributed by atoms with Gasteiger partial charge in [0.25, 0.3) is 0 Å². The van der Waals surface area contributed by atoms with Crippen LogP contribution in [0, 0.1) is 5.41 Å². The minimum atomic E-state index is 0. The summed E-state index contributed by atoms with van der Waals surface area (Å²) in [6.45, 7) is 2.73. The Hall–Kier alpha value is -1.06. The molecule has 1 aromatic rings. The minimum absolute atomic E-state index is 0. The second-order valence-electron chi connectivity index (χ2n) is 6.93. The van der Waals surface area contributed by atoms with Gasteiger partial charge in [0, 0.05) is 12.5 Å². The SMILES string of the molecule is CC(CCc1ccccc1)NC(=O)CC1(CN)CCCCC1.Cl. The van der Waals surface area contributed by atoms with Crippen molar-refractivity contribution in [1.29, 1.82) is 0 Å². The van der Waals surface area contributed by atoms with Gasteiger partial charge in [-0.3, -0.25) is 4.79 Å². The van der Waals surface area contributed by atoms with Gasteiger partial charge in [-0.25, -0.2) is 0 Å². The predicted octanol–water partition coefficient (Wildman–Crippen LogP) is 3.85. The summed E-state index contributed by atoms with van der Waals surface area (Å²) in [5.41, 5.74) is 7.36. The first kappa shape index (κ1) is 20.0. The molecule has 1 unspecified atom stereocenters. The third-order valence-corrected chi connectivity index (χ3v) is 5.00. The molecule has 1 fully saturated rings. The quantitative estimate of drug-likeness (QED) is 0.793. The van der Waals surface area contributed by atoms with Gasteiger partial charge in [-0.2, -0.15) is 0 Å². The number of nitrogens with two attached hydrogens (primary N) is 1. The first-order chi connectivity index (χ1) is 10.6. The van der Waals surface area contributed by atoms with Gasteiger partial charge in [0.05, 0.1) is 0 Å². The molecule has 3 nitrogen and oxygen atoms in total. The van der Waals surface area contributed by atoms with Crippen LogP contribution in [-0.4, -0.2) is 18.5 Å². The smallest absolute Gasteiger partial charge is 0.220 e. The van der Waals surface area contributed by atoms with Gasteiger partial charge >= 0.3 is 0 Å². The Labute approximate surface area is 146 Å². The van der Waals surface area contributed by atoms with E-state index < -0.39 is 0 Å². The molecule has 0 heterocycles. The van der Waals surface area contributed by atoms with Crippen LogP contribution in [0.3, 0.4) is 0 Å². The zero-order valence-corrected chi connectivity index (χ0v) is 15.0. The number of carbonyl (C=O) groups excluding carboxylic acids is 1. The Morgan fingerprint density at radius 3 is 2.48 bits per heavy atom. The van der Waals surface area contributed by atoms with Crippen molar-refractivity contribution in [3.63, 3.8) is 0 Å². The molecule has 0 saturated heterocycles. The molecule has 4 heteroatoms. The summed E-state index contributed by atoms with van der Waals surface area (Å²) in [5, 5.41) is 3.16. The molecular weight excluding hydrogens is 308 g/mol. The molecule has 0 radical (unpaired) electrons. The molecule has 0 aromatic heterocycles. The Morgan fingerprint density at radius 2 is 1.87 bits per heavy atom. The number of benzene rings is 1. The van der Waals surface area contributed by atoms with Gasteiger partial charge in [-0.15, -0.1) is 12.4 Å². The number of halogens is 1. The van der Waals surface area contributed by atoms with Crippen LogP contribution in [0.5, 0.6) is 0 Å². The maximum atomic E-state index is 12.3. The van der Waals surface area contributed by atoms with E-state index in [1.165, 1.54) is 24.8 Å². The van der Waals surface area contributed by atoms with Crippen molar-refractivity contribution in [3.8, 4) is 0 Å². The van der Waals surface area contributed by atoms with Crippen molar-refractivity contribution in [3.05, 3.63) is 35.9 Å². The summed E-state index contributed by atoms with van der Waals surface area (Å²) < 4.78 is 0. The molecule has 0 aliphatic heterocycles. The number of rotatable bonds is 7. The topological polar surface area (TPSA) is 55.1 Å². The van der Waals surface area contributed by atoms with Crippen LogP contribution in [0.25, 0.3) is 0 Å². The van der Waals surface area contributed by atoms with Crippen molar-refractivity contribution in [2.75, 3.05) is 6.54 Å². The van der Waals surface area contributed by atoms with Crippen LogP contribution >= 0.6 is 12.4 Å². The first-order valence-electron chi connectivity index (χ1n) is 8.67. The second kappa shape index (κ2) is 9.94. The van der Waals surface area contributed by atoms with Crippen LogP contribution in [0.4, 0.5) is 0 Å². The van der Waals surface area contributed by atoms with Crippen LogP contribution < -0.4 is 11.1 Å². The normalized spacial score (nSPS) is 17.8. The highest BCUT2D eigenvalue weighted by atomic mass is 35.5. The molecule has 1 aromatic carbocycles. The van der Waals surface area contributed by atoms with Crippen LogP contribution in [-0.2, 0) is 11.2 Å². The highest BCUT2D eigenvalue weighted by Crippen LogP contribution is 2.38. The van der Waals surface area contributed by atoms with Crippen molar-refractivity contribution in [2.24, 2.45) is 11.1 Å². The lowest BCUT2D eigenvalue weighted by molar-refractivity contribution is -0.124. The maximum Gasteiger partial charge on any atom is 0.220 e. The molecule has 2 rings (SSSR count). The van der Waals surface area contributed by atoms with Gasteiger partial charge in [0.2, 0.25) is 5.91 Å². The van der Waals surface area contributed by atoms with Crippen molar-refractivity contribution in [1.82, 2.24) is 5.32 Å². The van der Waals surface area contributed by atoms with Crippen LogP contribution in [0.15, 0.2) is 30.3 Å². The molecule has 1 aliphatic rings. The average molecular weight is 339 g/mol. The predicted molar refractivity (Wildman–Crippen MR) is 98.8 cm³/mol. The van der Waals surface area contributed by atoms with E-state index in [1.807, 2.05) is 6.07 Å². The number of amides is 1. The first-order valence-corrected chi connectivity index (χ1v) is 8.67. The Balaban J connectivity index is 0.00000264. The lowest BCUT2D eigenvalue weighted by atomic mass is 9.71. The third-order valence-electron chi connectivity index (χ3n) is 5.00. The monoisotopic (exact) mass is 338 g/mol. The van der Waals surface area contributed by atoms with Crippen LogP contribution in [0.2, 0.25) is 0 Å². The van der Waals surface area contributed by atoms with Crippen molar-refractivity contribution in [2.45, 2.75) is 64.3 Å². The Kier molecular flexibility index (Phi) is 8.64. The highest BCUT2D eigenvalue weighted by molar-refractivity contribution is 5.85.